The fourth-order valence-corrected chi connectivity index (χ4v) is 4.54. The lowest BCUT2D eigenvalue weighted by molar-refractivity contribution is -0.144. The van der Waals surface area contributed by atoms with Crippen molar-refractivity contribution in [3.63, 3.8) is 0 Å². The van der Waals surface area contributed by atoms with Gasteiger partial charge in [0, 0.05) is 13.0 Å². The highest BCUT2D eigenvalue weighted by Crippen LogP contribution is 2.44. The molecule has 35 heavy (non-hydrogen) atoms. The minimum Gasteiger partial charge on any atom is -0.480 e. The van der Waals surface area contributed by atoms with E-state index in [0.717, 1.165) is 32.7 Å². The number of nitrogens with one attached hydrogen (secondary N) is 1. The Bertz CT molecular complexity index is 1170. The first-order valence-electron chi connectivity index (χ1n) is 11.6. The van der Waals surface area contributed by atoms with Crippen molar-refractivity contribution in [2.75, 3.05) is 20.2 Å². The molecule has 1 atom stereocenters. The molecule has 0 aromatic heterocycles. The summed E-state index contributed by atoms with van der Waals surface area (Å²) in [5, 5.41) is 11.7. The molecule has 0 spiro atoms. The van der Waals surface area contributed by atoms with Gasteiger partial charge in [0.15, 0.2) is 0 Å². The third-order valence-corrected chi connectivity index (χ3v) is 6.25. The van der Waals surface area contributed by atoms with Gasteiger partial charge in [-0.1, -0.05) is 78.9 Å². The van der Waals surface area contributed by atoms with E-state index in [4.69, 9.17) is 9.84 Å². The first kappa shape index (κ1) is 24.0. The van der Waals surface area contributed by atoms with Gasteiger partial charge in [-0.15, -0.1) is 0 Å². The van der Waals surface area contributed by atoms with Crippen molar-refractivity contribution in [2.24, 2.45) is 0 Å². The van der Waals surface area contributed by atoms with E-state index >= 15 is 0 Å². The molecule has 1 aliphatic carbocycles. The Balaban J connectivity index is 1.43. The molecular formula is C28H28N2O5. The van der Waals surface area contributed by atoms with E-state index in [1.54, 1.807) is 0 Å². The second kappa shape index (κ2) is 10.9. The summed E-state index contributed by atoms with van der Waals surface area (Å²) >= 11 is 0. The highest BCUT2D eigenvalue weighted by atomic mass is 16.5. The second-order valence-electron chi connectivity index (χ2n) is 8.63. The van der Waals surface area contributed by atoms with Crippen LogP contribution in [0.1, 0.15) is 29.0 Å². The molecule has 0 fully saturated rings. The minimum absolute atomic E-state index is 0.0960. The second-order valence-corrected chi connectivity index (χ2v) is 8.63. The maximum absolute atomic E-state index is 12.9. The lowest BCUT2D eigenvalue weighted by Gasteiger charge is -2.24. The number of carboxylic acid groups (broad SMARTS) is 1. The van der Waals surface area contributed by atoms with Crippen molar-refractivity contribution in [2.45, 2.75) is 24.8 Å². The molecule has 0 saturated heterocycles. The number of carbonyl (C=O) groups excluding carboxylic acids is 2. The van der Waals surface area contributed by atoms with Crippen LogP contribution in [0.5, 0.6) is 0 Å². The van der Waals surface area contributed by atoms with Crippen LogP contribution in [0.25, 0.3) is 11.1 Å². The molecule has 3 aromatic rings. The molecule has 7 nitrogen and oxygen atoms in total. The number of aliphatic carboxylic acids is 1. The Morgan fingerprint density at radius 3 is 2.09 bits per heavy atom. The summed E-state index contributed by atoms with van der Waals surface area (Å²) in [7, 11) is 1.41. The van der Waals surface area contributed by atoms with Crippen molar-refractivity contribution in [1.82, 2.24) is 10.2 Å². The molecule has 1 aliphatic rings. The Morgan fingerprint density at radius 2 is 1.49 bits per heavy atom. The molecule has 0 heterocycles. The third kappa shape index (κ3) is 5.69. The van der Waals surface area contributed by atoms with Crippen molar-refractivity contribution in [1.29, 1.82) is 0 Å². The zero-order valence-corrected chi connectivity index (χ0v) is 19.5. The summed E-state index contributed by atoms with van der Waals surface area (Å²) in [5.74, 6) is -1.69. The summed E-state index contributed by atoms with van der Waals surface area (Å²) < 4.78 is 5.60. The predicted molar refractivity (Wildman–Crippen MR) is 132 cm³/mol. The van der Waals surface area contributed by atoms with Gasteiger partial charge in [0.25, 0.3) is 0 Å². The number of amides is 2. The molecular weight excluding hydrogens is 444 g/mol. The molecule has 180 valence electrons. The van der Waals surface area contributed by atoms with Crippen molar-refractivity contribution < 1.29 is 24.2 Å². The number of alkyl carbamates (subject to hydrolysis) is 1. The molecule has 3 aromatic carbocycles. The first-order chi connectivity index (χ1) is 16.9. The van der Waals surface area contributed by atoms with Gasteiger partial charge in [-0.2, -0.15) is 0 Å². The number of ether oxygens (including phenoxy) is 1. The van der Waals surface area contributed by atoms with Gasteiger partial charge in [-0.05, 0) is 40.7 Å². The molecule has 7 heteroatoms. The Kier molecular flexibility index (Phi) is 7.45. The summed E-state index contributed by atoms with van der Waals surface area (Å²) in [6.07, 6.45) is 0.153. The van der Waals surface area contributed by atoms with Crippen LogP contribution in [0.4, 0.5) is 4.79 Å². The van der Waals surface area contributed by atoms with Crippen LogP contribution < -0.4 is 5.32 Å². The topological polar surface area (TPSA) is 95.9 Å². The molecule has 2 N–H and O–H groups in total. The van der Waals surface area contributed by atoms with E-state index in [1.807, 2.05) is 66.7 Å². The lowest BCUT2D eigenvalue weighted by Crippen LogP contribution is -2.49. The fourth-order valence-electron chi connectivity index (χ4n) is 4.54. The minimum atomic E-state index is -1.12. The predicted octanol–water partition coefficient (Wildman–Crippen LogP) is 4.07. The number of fused-ring (bicyclic) bond motifs is 3. The smallest absolute Gasteiger partial charge is 0.407 e. The molecule has 0 bridgehead atoms. The van der Waals surface area contributed by atoms with Crippen LogP contribution in [0.15, 0.2) is 78.9 Å². The number of likely N-dealkylation sites (N-methyl/N-ethyl adjacent to an activating group) is 1. The number of rotatable bonds is 9. The maximum atomic E-state index is 12.9. The molecule has 2 amide bonds. The van der Waals surface area contributed by atoms with E-state index in [-0.39, 0.29) is 12.5 Å². The van der Waals surface area contributed by atoms with Gasteiger partial charge < -0.3 is 20.1 Å². The quantitative estimate of drug-likeness (QED) is 0.490. The number of carbonyl (C=O) groups is 3. The normalized spacial score (nSPS) is 12.8. The van der Waals surface area contributed by atoms with Crippen molar-refractivity contribution >= 4 is 18.0 Å². The van der Waals surface area contributed by atoms with Crippen LogP contribution in [-0.4, -0.2) is 54.2 Å². The van der Waals surface area contributed by atoms with E-state index in [2.05, 4.69) is 17.4 Å². The van der Waals surface area contributed by atoms with Crippen LogP contribution in [-0.2, 0) is 20.7 Å². The maximum Gasteiger partial charge on any atom is 0.407 e. The molecule has 4 rings (SSSR count). The zero-order valence-electron chi connectivity index (χ0n) is 19.5. The number of nitrogens with zero attached hydrogens (tertiary/aromatic N) is 1. The number of aryl methyl sites for hydroxylation is 1. The first-order valence-corrected chi connectivity index (χ1v) is 11.6. The summed E-state index contributed by atoms with van der Waals surface area (Å²) in [6.45, 7) is -0.322. The lowest BCUT2D eigenvalue weighted by atomic mass is 9.98. The number of hydrogen-bond donors (Lipinski definition) is 2. The summed E-state index contributed by atoms with van der Waals surface area (Å²) in [5.41, 5.74) is 5.46. The SMILES string of the molecule is CN(CC(=O)O)C(=O)C(CCc1ccccc1)NC(=O)OCC1c2ccccc2-c2ccccc21. The van der Waals surface area contributed by atoms with Gasteiger partial charge in [0.2, 0.25) is 5.91 Å². The highest BCUT2D eigenvalue weighted by Gasteiger charge is 2.30. The van der Waals surface area contributed by atoms with Crippen LogP contribution in [0.3, 0.4) is 0 Å². The average molecular weight is 473 g/mol. The third-order valence-electron chi connectivity index (χ3n) is 6.25. The van der Waals surface area contributed by atoms with Gasteiger partial charge in [0.1, 0.15) is 19.2 Å². The number of carboxylic acids is 1. The Hall–Kier alpha value is -4.13. The zero-order chi connectivity index (χ0) is 24.8. The summed E-state index contributed by atoms with van der Waals surface area (Å²) in [4.78, 5) is 37.9. The molecule has 0 saturated carbocycles. The van der Waals surface area contributed by atoms with Gasteiger partial charge >= 0.3 is 12.1 Å². The van der Waals surface area contributed by atoms with Gasteiger partial charge in [-0.3, -0.25) is 9.59 Å². The van der Waals surface area contributed by atoms with Gasteiger partial charge in [-0.25, -0.2) is 4.79 Å². The highest BCUT2D eigenvalue weighted by molar-refractivity contribution is 5.88. The van der Waals surface area contributed by atoms with Crippen LogP contribution >= 0.6 is 0 Å². The van der Waals surface area contributed by atoms with E-state index in [0.29, 0.717) is 12.8 Å². The fraction of sp³-hybridized carbons (Fsp3) is 0.250. The monoisotopic (exact) mass is 472 g/mol. The van der Waals surface area contributed by atoms with Crippen molar-refractivity contribution in [3.05, 3.63) is 95.6 Å². The van der Waals surface area contributed by atoms with E-state index in [9.17, 15) is 14.4 Å². The molecule has 0 radical (unpaired) electrons. The summed E-state index contributed by atoms with van der Waals surface area (Å²) in [6, 6.07) is 24.8. The van der Waals surface area contributed by atoms with Crippen LogP contribution in [0, 0.1) is 0 Å². The van der Waals surface area contributed by atoms with E-state index in [1.165, 1.54) is 7.05 Å². The number of hydrogen-bond acceptors (Lipinski definition) is 4. The standard InChI is InChI=1S/C28H28N2O5/c1-30(17-26(31)32)27(33)25(16-15-19-9-3-2-4-10-19)29-28(34)35-18-24-22-13-7-5-11-20(22)21-12-6-8-14-23(21)24/h2-14,24-25H,15-18H2,1H3,(H,29,34)(H,31,32). The molecule has 1 unspecified atom stereocenters. The Labute approximate surface area is 204 Å². The largest absolute Gasteiger partial charge is 0.480 e. The van der Waals surface area contributed by atoms with E-state index < -0.39 is 30.6 Å². The van der Waals surface area contributed by atoms with Crippen LogP contribution in [0.2, 0.25) is 0 Å². The molecule has 0 aliphatic heterocycles. The average Bonchev–Trinajstić information content (AvgIpc) is 3.18. The Morgan fingerprint density at radius 1 is 0.914 bits per heavy atom. The number of benzene rings is 3. The van der Waals surface area contributed by atoms with Crippen molar-refractivity contribution in [3.8, 4) is 11.1 Å². The van der Waals surface area contributed by atoms with Gasteiger partial charge in [0.05, 0.1) is 0 Å².